The van der Waals surface area contributed by atoms with E-state index in [2.05, 4.69) is 25.8 Å². The third kappa shape index (κ3) is 4.56. The zero-order chi connectivity index (χ0) is 13.1. The summed E-state index contributed by atoms with van der Waals surface area (Å²) in [5.41, 5.74) is -0.0507. The van der Waals surface area contributed by atoms with E-state index in [9.17, 15) is 4.79 Å². The molecule has 0 spiro atoms. The Morgan fingerprint density at radius 2 is 2.18 bits per heavy atom. The lowest BCUT2D eigenvalue weighted by molar-refractivity contribution is -0.137. The fraction of sp³-hybridized carbons (Fsp3) is 0.667. The summed E-state index contributed by atoms with van der Waals surface area (Å²) in [7, 11) is 1.85. The first-order valence-electron chi connectivity index (χ1n) is 5.64. The van der Waals surface area contributed by atoms with Gasteiger partial charge in [0.15, 0.2) is 0 Å². The highest BCUT2D eigenvalue weighted by atomic mass is 16.4. The third-order valence-electron chi connectivity index (χ3n) is 2.41. The highest BCUT2D eigenvalue weighted by molar-refractivity contribution is 5.66. The lowest BCUT2D eigenvalue weighted by Crippen LogP contribution is -2.21. The third-order valence-corrected chi connectivity index (χ3v) is 2.41. The van der Waals surface area contributed by atoms with Crippen molar-refractivity contribution in [3.05, 3.63) is 17.8 Å². The van der Waals surface area contributed by atoms with E-state index in [0.717, 1.165) is 5.76 Å². The molecule has 0 radical (unpaired) electrons. The van der Waals surface area contributed by atoms with Gasteiger partial charge in [0.05, 0.1) is 19.2 Å². The molecule has 0 bridgehead atoms. The monoisotopic (exact) mass is 240 g/mol. The first-order chi connectivity index (χ1) is 7.79. The highest BCUT2D eigenvalue weighted by Crippen LogP contribution is 2.22. The van der Waals surface area contributed by atoms with Crippen molar-refractivity contribution in [3.63, 3.8) is 0 Å². The molecular weight excluding hydrogens is 220 g/mol. The van der Waals surface area contributed by atoms with Crippen LogP contribution in [0.15, 0.2) is 10.6 Å². The molecule has 0 unspecified atom stereocenters. The van der Waals surface area contributed by atoms with Crippen LogP contribution in [0.4, 0.5) is 0 Å². The zero-order valence-electron chi connectivity index (χ0n) is 10.9. The van der Waals surface area contributed by atoms with E-state index in [0.29, 0.717) is 19.0 Å². The van der Waals surface area contributed by atoms with Gasteiger partial charge in [-0.3, -0.25) is 9.69 Å². The SMILES string of the molecule is CN(CCC(=O)O)Cc1ncc(C(C)(C)C)o1. The molecule has 5 heteroatoms. The van der Waals surface area contributed by atoms with E-state index in [-0.39, 0.29) is 11.8 Å². The quantitative estimate of drug-likeness (QED) is 0.851. The average Bonchev–Trinajstić information content (AvgIpc) is 2.62. The standard InChI is InChI=1S/C12H20N2O3/c1-12(2,3)9-7-13-10(17-9)8-14(4)6-5-11(15)16/h7H,5-6,8H2,1-4H3,(H,15,16). The average molecular weight is 240 g/mol. The van der Waals surface area contributed by atoms with Gasteiger partial charge in [-0.1, -0.05) is 20.8 Å². The Hall–Kier alpha value is -1.36. The molecule has 1 heterocycles. The lowest BCUT2D eigenvalue weighted by atomic mass is 9.94. The molecule has 5 nitrogen and oxygen atoms in total. The van der Waals surface area contributed by atoms with Crippen LogP contribution in [-0.2, 0) is 16.8 Å². The fourth-order valence-corrected chi connectivity index (χ4v) is 1.33. The van der Waals surface area contributed by atoms with Crippen LogP contribution in [0.5, 0.6) is 0 Å². The Kier molecular flexibility index (Phi) is 4.28. The fourth-order valence-electron chi connectivity index (χ4n) is 1.33. The molecule has 0 amide bonds. The number of aromatic nitrogens is 1. The molecule has 0 saturated heterocycles. The number of carbonyl (C=O) groups is 1. The van der Waals surface area contributed by atoms with E-state index in [1.165, 1.54) is 0 Å². The molecule has 17 heavy (non-hydrogen) atoms. The van der Waals surface area contributed by atoms with Crippen LogP contribution < -0.4 is 0 Å². The molecule has 0 fully saturated rings. The number of rotatable bonds is 5. The van der Waals surface area contributed by atoms with Gasteiger partial charge in [0, 0.05) is 12.0 Å². The molecule has 0 aromatic carbocycles. The predicted molar refractivity (Wildman–Crippen MR) is 63.8 cm³/mol. The van der Waals surface area contributed by atoms with Crippen LogP contribution >= 0.6 is 0 Å². The Bertz CT molecular complexity index is 379. The summed E-state index contributed by atoms with van der Waals surface area (Å²) >= 11 is 0. The van der Waals surface area contributed by atoms with Gasteiger partial charge < -0.3 is 9.52 Å². The molecule has 1 aromatic heterocycles. The number of carboxylic acid groups (broad SMARTS) is 1. The van der Waals surface area contributed by atoms with Crippen molar-refractivity contribution in [2.75, 3.05) is 13.6 Å². The molecule has 0 aliphatic rings. The lowest BCUT2D eigenvalue weighted by Gasteiger charge is -2.14. The molecule has 96 valence electrons. The summed E-state index contributed by atoms with van der Waals surface area (Å²) in [6.45, 7) is 7.20. The van der Waals surface area contributed by atoms with Crippen LogP contribution in [0.2, 0.25) is 0 Å². The zero-order valence-corrected chi connectivity index (χ0v) is 10.9. The van der Waals surface area contributed by atoms with E-state index in [4.69, 9.17) is 9.52 Å². The predicted octanol–water partition coefficient (Wildman–Crippen LogP) is 1.88. The summed E-state index contributed by atoms with van der Waals surface area (Å²) in [4.78, 5) is 16.5. The van der Waals surface area contributed by atoms with Crippen molar-refractivity contribution in [1.29, 1.82) is 0 Å². The maximum Gasteiger partial charge on any atom is 0.304 e. The number of nitrogens with zero attached hydrogens (tertiary/aromatic N) is 2. The van der Waals surface area contributed by atoms with Gasteiger partial charge >= 0.3 is 5.97 Å². The highest BCUT2D eigenvalue weighted by Gasteiger charge is 2.19. The summed E-state index contributed by atoms with van der Waals surface area (Å²) in [6.07, 6.45) is 1.86. The Morgan fingerprint density at radius 3 is 2.65 bits per heavy atom. The first-order valence-corrected chi connectivity index (χ1v) is 5.64. The number of hydrogen-bond acceptors (Lipinski definition) is 4. The van der Waals surface area contributed by atoms with Crippen molar-refractivity contribution >= 4 is 5.97 Å². The van der Waals surface area contributed by atoms with Crippen LogP contribution in [0, 0.1) is 0 Å². The van der Waals surface area contributed by atoms with E-state index in [1.807, 2.05) is 11.9 Å². The van der Waals surface area contributed by atoms with Crippen LogP contribution in [0.3, 0.4) is 0 Å². The minimum Gasteiger partial charge on any atom is -0.481 e. The second-order valence-electron chi connectivity index (χ2n) is 5.25. The topological polar surface area (TPSA) is 66.6 Å². The van der Waals surface area contributed by atoms with Gasteiger partial charge in [-0.05, 0) is 7.05 Å². The summed E-state index contributed by atoms with van der Waals surface area (Å²) in [5, 5.41) is 8.57. The number of hydrogen-bond donors (Lipinski definition) is 1. The van der Waals surface area contributed by atoms with Crippen molar-refractivity contribution < 1.29 is 14.3 Å². The van der Waals surface area contributed by atoms with Crippen molar-refractivity contribution in [2.45, 2.75) is 39.2 Å². The molecule has 1 rings (SSSR count). The minimum absolute atomic E-state index is 0.0507. The van der Waals surface area contributed by atoms with Gasteiger partial charge in [0.25, 0.3) is 0 Å². The van der Waals surface area contributed by atoms with Crippen LogP contribution in [0.1, 0.15) is 38.8 Å². The largest absolute Gasteiger partial charge is 0.481 e. The Labute approximate surface area is 101 Å². The summed E-state index contributed by atoms with van der Waals surface area (Å²) < 4.78 is 5.63. The molecule has 1 N–H and O–H groups in total. The van der Waals surface area contributed by atoms with E-state index in [1.54, 1.807) is 6.20 Å². The molecule has 0 aliphatic carbocycles. The van der Waals surface area contributed by atoms with Gasteiger partial charge in [-0.15, -0.1) is 0 Å². The van der Waals surface area contributed by atoms with Crippen LogP contribution in [0.25, 0.3) is 0 Å². The Morgan fingerprint density at radius 1 is 1.53 bits per heavy atom. The summed E-state index contributed by atoms with van der Waals surface area (Å²) in [5.74, 6) is 0.682. The minimum atomic E-state index is -0.792. The van der Waals surface area contributed by atoms with Gasteiger partial charge in [0.2, 0.25) is 5.89 Å². The van der Waals surface area contributed by atoms with Crippen molar-refractivity contribution in [1.82, 2.24) is 9.88 Å². The molecular formula is C12H20N2O3. The second-order valence-corrected chi connectivity index (χ2v) is 5.25. The number of aliphatic carboxylic acids is 1. The van der Waals surface area contributed by atoms with Crippen molar-refractivity contribution in [2.24, 2.45) is 0 Å². The van der Waals surface area contributed by atoms with E-state index >= 15 is 0 Å². The van der Waals surface area contributed by atoms with Crippen LogP contribution in [-0.4, -0.2) is 34.6 Å². The van der Waals surface area contributed by atoms with E-state index < -0.39 is 5.97 Å². The molecule has 0 atom stereocenters. The second kappa shape index (κ2) is 5.31. The molecule has 1 aromatic rings. The smallest absolute Gasteiger partial charge is 0.304 e. The normalized spacial score (nSPS) is 12.1. The maximum atomic E-state index is 10.4. The number of carboxylic acids is 1. The summed E-state index contributed by atoms with van der Waals surface area (Å²) in [6, 6.07) is 0. The molecule has 0 saturated carbocycles. The van der Waals surface area contributed by atoms with Crippen molar-refractivity contribution in [3.8, 4) is 0 Å². The van der Waals surface area contributed by atoms with Gasteiger partial charge in [0.1, 0.15) is 5.76 Å². The first kappa shape index (κ1) is 13.7. The molecule has 0 aliphatic heterocycles. The number of oxazole rings is 1. The maximum absolute atomic E-state index is 10.4. The Balaban J connectivity index is 2.52. The van der Waals surface area contributed by atoms with Gasteiger partial charge in [-0.2, -0.15) is 0 Å². The van der Waals surface area contributed by atoms with Gasteiger partial charge in [-0.25, -0.2) is 4.98 Å².